The molecule has 54 heavy (non-hydrogen) atoms. The first-order valence-corrected chi connectivity index (χ1v) is 18.8. The van der Waals surface area contributed by atoms with Crippen LogP contribution in [0.4, 0.5) is 17.1 Å². The molecule has 1 aliphatic rings. The topological polar surface area (TPSA) is 3.24 Å². The maximum absolute atomic E-state index is 2.40. The third-order valence-corrected chi connectivity index (χ3v) is 11.5. The van der Waals surface area contributed by atoms with Gasteiger partial charge in [0.25, 0.3) is 0 Å². The van der Waals surface area contributed by atoms with Gasteiger partial charge in [-0.2, -0.15) is 0 Å². The average molecular weight is 690 g/mol. The number of hydrogen-bond donors (Lipinski definition) is 0. The molecule has 0 fully saturated rings. The monoisotopic (exact) mass is 689 g/mol. The molecule has 0 spiro atoms. The number of benzene rings is 9. The lowest BCUT2D eigenvalue weighted by atomic mass is 9.82. The Morgan fingerprint density at radius 1 is 0.315 bits per heavy atom. The molecule has 9 aromatic carbocycles. The number of anilines is 3. The van der Waals surface area contributed by atoms with Gasteiger partial charge in [0, 0.05) is 22.5 Å². The zero-order valence-corrected chi connectivity index (χ0v) is 30.5. The summed E-state index contributed by atoms with van der Waals surface area (Å²) in [6.45, 7) is 4.68. The smallest absolute Gasteiger partial charge is 0.0468 e. The molecule has 1 nitrogen and oxygen atoms in total. The van der Waals surface area contributed by atoms with Gasteiger partial charge < -0.3 is 4.90 Å². The van der Waals surface area contributed by atoms with Crippen LogP contribution in [0.1, 0.15) is 25.0 Å². The van der Waals surface area contributed by atoms with Crippen LogP contribution >= 0.6 is 0 Å². The van der Waals surface area contributed by atoms with Gasteiger partial charge in [0.15, 0.2) is 0 Å². The fourth-order valence-electron chi connectivity index (χ4n) is 8.67. The second-order valence-corrected chi connectivity index (χ2v) is 15.0. The van der Waals surface area contributed by atoms with E-state index in [0.717, 1.165) is 17.1 Å². The molecule has 0 saturated carbocycles. The molecular weight excluding hydrogens is 651 g/mol. The summed E-state index contributed by atoms with van der Waals surface area (Å²) in [5, 5.41) is 5.08. The van der Waals surface area contributed by atoms with Crippen LogP contribution in [0.25, 0.3) is 66.1 Å². The molecule has 0 aromatic heterocycles. The Balaban J connectivity index is 1.08. The van der Waals surface area contributed by atoms with Crippen molar-refractivity contribution in [3.05, 3.63) is 211 Å². The SMILES string of the molecule is CC1(C)c2ccccc2-c2cc(N(c3ccc(-c4ccccc4)cc3)c3ccc(-c4ccc5c(c4)c(-c4ccccc4)cc4ccccc45)cc3)ccc21. The van der Waals surface area contributed by atoms with Crippen molar-refractivity contribution in [2.45, 2.75) is 19.3 Å². The molecular formula is C53H39N. The second kappa shape index (κ2) is 12.8. The van der Waals surface area contributed by atoms with E-state index in [0.29, 0.717) is 0 Å². The Bertz CT molecular complexity index is 2810. The summed E-state index contributed by atoms with van der Waals surface area (Å²) in [6, 6.07) is 73.4. The molecule has 0 N–H and O–H groups in total. The van der Waals surface area contributed by atoms with E-state index in [-0.39, 0.29) is 5.41 Å². The molecule has 1 heteroatoms. The predicted molar refractivity (Wildman–Crippen MR) is 230 cm³/mol. The van der Waals surface area contributed by atoms with E-state index in [1.807, 2.05) is 0 Å². The molecule has 10 rings (SSSR count). The maximum Gasteiger partial charge on any atom is 0.0468 e. The molecule has 0 amide bonds. The van der Waals surface area contributed by atoms with Crippen LogP contribution in [0.2, 0.25) is 0 Å². The Kier molecular flexibility index (Phi) is 7.56. The maximum atomic E-state index is 2.40. The van der Waals surface area contributed by atoms with Gasteiger partial charge in [0.05, 0.1) is 0 Å². The fourth-order valence-corrected chi connectivity index (χ4v) is 8.67. The van der Waals surface area contributed by atoms with Gasteiger partial charge in [0.2, 0.25) is 0 Å². The van der Waals surface area contributed by atoms with Crippen LogP contribution in [0, 0.1) is 0 Å². The molecule has 256 valence electrons. The van der Waals surface area contributed by atoms with Crippen LogP contribution in [0.15, 0.2) is 200 Å². The third kappa shape index (κ3) is 5.32. The summed E-state index contributed by atoms with van der Waals surface area (Å²) in [6.07, 6.45) is 0. The first-order valence-electron chi connectivity index (χ1n) is 18.8. The lowest BCUT2D eigenvalue weighted by Crippen LogP contribution is -2.15. The van der Waals surface area contributed by atoms with Crippen LogP contribution in [0.5, 0.6) is 0 Å². The van der Waals surface area contributed by atoms with Gasteiger partial charge in [-0.3, -0.25) is 0 Å². The van der Waals surface area contributed by atoms with Crippen LogP contribution in [0.3, 0.4) is 0 Å². The Morgan fingerprint density at radius 2 is 0.852 bits per heavy atom. The zero-order chi connectivity index (χ0) is 36.2. The van der Waals surface area contributed by atoms with E-state index in [9.17, 15) is 0 Å². The van der Waals surface area contributed by atoms with Gasteiger partial charge in [0.1, 0.15) is 0 Å². The molecule has 0 radical (unpaired) electrons. The van der Waals surface area contributed by atoms with E-state index >= 15 is 0 Å². The van der Waals surface area contributed by atoms with Crippen LogP contribution < -0.4 is 4.90 Å². The van der Waals surface area contributed by atoms with Crippen molar-refractivity contribution >= 4 is 38.6 Å². The normalized spacial score (nSPS) is 12.8. The standard InChI is InChI=1S/C53H39N/c1-53(2)51-20-12-11-19-47(51)50-35-44(30-32-52(50)53)54(42-26-21-37(22-27-42)36-13-5-3-6-14-36)43-28-23-38(24-29-43)40-25-31-46-45-18-10-9-17-41(45)34-48(49(46)33-40)39-15-7-4-8-16-39/h3-35H,1-2H3. The van der Waals surface area contributed by atoms with Gasteiger partial charge in [-0.05, 0) is 126 Å². The number of rotatable bonds is 6. The van der Waals surface area contributed by atoms with Gasteiger partial charge in [-0.1, -0.05) is 166 Å². The lowest BCUT2D eigenvalue weighted by molar-refractivity contribution is 0.660. The van der Waals surface area contributed by atoms with Gasteiger partial charge in [-0.25, -0.2) is 0 Å². The van der Waals surface area contributed by atoms with Crippen molar-refractivity contribution in [2.75, 3.05) is 4.90 Å². The van der Waals surface area contributed by atoms with E-state index in [4.69, 9.17) is 0 Å². The second-order valence-electron chi connectivity index (χ2n) is 15.0. The van der Waals surface area contributed by atoms with Gasteiger partial charge >= 0.3 is 0 Å². The summed E-state index contributed by atoms with van der Waals surface area (Å²) in [7, 11) is 0. The molecule has 0 aliphatic heterocycles. The minimum Gasteiger partial charge on any atom is -0.310 e. The molecule has 0 saturated heterocycles. The predicted octanol–water partition coefficient (Wildman–Crippen LogP) is 14.8. The summed E-state index contributed by atoms with van der Waals surface area (Å²) in [5.41, 5.74) is 16.1. The quantitative estimate of drug-likeness (QED) is 0.157. The molecule has 0 bridgehead atoms. The Labute approximate surface area is 317 Å². The van der Waals surface area contributed by atoms with E-state index in [1.54, 1.807) is 0 Å². The highest BCUT2D eigenvalue weighted by molar-refractivity contribution is 6.14. The van der Waals surface area contributed by atoms with Crippen molar-refractivity contribution < 1.29 is 0 Å². The van der Waals surface area contributed by atoms with E-state index in [1.165, 1.54) is 77.2 Å². The van der Waals surface area contributed by atoms with Crippen LogP contribution in [-0.2, 0) is 5.41 Å². The first-order chi connectivity index (χ1) is 26.5. The fraction of sp³-hybridized carbons (Fsp3) is 0.0566. The van der Waals surface area contributed by atoms with E-state index < -0.39 is 0 Å². The summed E-state index contributed by atoms with van der Waals surface area (Å²) in [4.78, 5) is 2.40. The number of fused-ring (bicyclic) bond motifs is 6. The third-order valence-electron chi connectivity index (χ3n) is 11.5. The van der Waals surface area contributed by atoms with Crippen molar-refractivity contribution in [3.63, 3.8) is 0 Å². The lowest BCUT2D eigenvalue weighted by Gasteiger charge is -2.27. The van der Waals surface area contributed by atoms with Gasteiger partial charge in [-0.15, -0.1) is 0 Å². The summed E-state index contributed by atoms with van der Waals surface area (Å²) >= 11 is 0. The van der Waals surface area contributed by atoms with Crippen molar-refractivity contribution in [1.82, 2.24) is 0 Å². The largest absolute Gasteiger partial charge is 0.310 e. The highest BCUT2D eigenvalue weighted by Gasteiger charge is 2.35. The average Bonchev–Trinajstić information content (AvgIpc) is 3.47. The molecule has 0 atom stereocenters. The molecule has 0 unspecified atom stereocenters. The molecule has 9 aromatic rings. The zero-order valence-electron chi connectivity index (χ0n) is 30.5. The van der Waals surface area contributed by atoms with Crippen molar-refractivity contribution in [1.29, 1.82) is 0 Å². The highest BCUT2D eigenvalue weighted by Crippen LogP contribution is 2.50. The van der Waals surface area contributed by atoms with Crippen LogP contribution in [-0.4, -0.2) is 0 Å². The summed E-state index contributed by atoms with van der Waals surface area (Å²) < 4.78 is 0. The highest BCUT2D eigenvalue weighted by atomic mass is 15.1. The molecule has 1 aliphatic carbocycles. The minimum atomic E-state index is -0.0409. The summed E-state index contributed by atoms with van der Waals surface area (Å²) in [5.74, 6) is 0. The van der Waals surface area contributed by atoms with E-state index in [2.05, 4.69) is 219 Å². The van der Waals surface area contributed by atoms with Crippen molar-refractivity contribution in [3.8, 4) is 44.5 Å². The molecule has 0 heterocycles. The minimum absolute atomic E-state index is 0.0409. The van der Waals surface area contributed by atoms with Crippen molar-refractivity contribution in [2.24, 2.45) is 0 Å². The number of hydrogen-bond acceptors (Lipinski definition) is 1. The Hall–Kier alpha value is -6.70. The Morgan fingerprint density at radius 3 is 1.57 bits per heavy atom. The first kappa shape index (κ1) is 32.0. The number of nitrogens with zero attached hydrogens (tertiary/aromatic N) is 1.